The minimum absolute atomic E-state index is 1.19. The highest BCUT2D eigenvalue weighted by molar-refractivity contribution is 4.64. The Labute approximate surface area is 84.4 Å². The molecule has 0 saturated heterocycles. The molecule has 0 bridgehead atoms. The fraction of sp³-hybridized carbons (Fsp3) is 0.846. The van der Waals surface area contributed by atoms with E-state index in [9.17, 15) is 0 Å². The Hall–Kier alpha value is -0.260. The molecule has 0 heterocycles. The summed E-state index contributed by atoms with van der Waals surface area (Å²) in [5, 5.41) is 0. The Morgan fingerprint density at radius 2 is 1.38 bits per heavy atom. The molecule has 0 heteroatoms. The largest absolute Gasteiger partial charge is 0.103 e. The molecule has 0 N–H and O–H groups in total. The fourth-order valence-electron chi connectivity index (χ4n) is 1.60. The molecule has 0 radical (unpaired) electrons. The van der Waals surface area contributed by atoms with Crippen molar-refractivity contribution in [2.45, 2.75) is 71.1 Å². The van der Waals surface area contributed by atoms with Crippen molar-refractivity contribution in [1.29, 1.82) is 0 Å². The Kier molecular flexibility index (Phi) is 11.5. The first-order valence-corrected chi connectivity index (χ1v) is 6.02. The molecule has 0 unspecified atom stereocenters. The number of rotatable bonds is 4. The summed E-state index contributed by atoms with van der Waals surface area (Å²) in [6.07, 6.45) is 16.2. The van der Waals surface area contributed by atoms with Gasteiger partial charge in [0.2, 0.25) is 0 Å². The predicted molar refractivity (Wildman–Crippen MR) is 62.0 cm³/mol. The van der Waals surface area contributed by atoms with Crippen LogP contribution in [0.3, 0.4) is 0 Å². The lowest BCUT2D eigenvalue weighted by atomic mass is 10.0. The molecule has 13 heavy (non-hydrogen) atoms. The van der Waals surface area contributed by atoms with E-state index >= 15 is 0 Å². The smallest absolute Gasteiger partial charge is 0.0353 e. The number of unbranched alkanes of at least 4 members (excludes halogenated alkanes) is 3. The summed E-state index contributed by atoms with van der Waals surface area (Å²) in [6.45, 7) is 5.84. The topological polar surface area (TPSA) is 0 Å². The van der Waals surface area contributed by atoms with Crippen LogP contribution in [0, 0.1) is 0 Å². The van der Waals surface area contributed by atoms with Crippen LogP contribution in [-0.2, 0) is 0 Å². The van der Waals surface area contributed by atoms with Crippen molar-refractivity contribution >= 4 is 0 Å². The van der Waals surface area contributed by atoms with Crippen LogP contribution in [0.15, 0.2) is 12.7 Å². The van der Waals surface area contributed by atoms with Crippen molar-refractivity contribution < 1.29 is 0 Å². The summed E-state index contributed by atoms with van der Waals surface area (Å²) in [6, 6.07) is 0. The zero-order valence-electron chi connectivity index (χ0n) is 9.36. The van der Waals surface area contributed by atoms with E-state index in [1.807, 2.05) is 6.08 Å². The molecule has 1 rings (SSSR count). The molecule has 1 fully saturated rings. The third-order valence-electron chi connectivity index (χ3n) is 2.51. The van der Waals surface area contributed by atoms with Gasteiger partial charge in [0, 0.05) is 0 Å². The van der Waals surface area contributed by atoms with Crippen molar-refractivity contribution in [1.82, 2.24) is 0 Å². The first kappa shape index (κ1) is 12.7. The summed E-state index contributed by atoms with van der Waals surface area (Å²) in [5.41, 5.74) is 0. The van der Waals surface area contributed by atoms with Crippen LogP contribution in [0.5, 0.6) is 0 Å². The lowest BCUT2D eigenvalue weighted by molar-refractivity contribution is 0.504. The fourth-order valence-corrected chi connectivity index (χ4v) is 1.60. The zero-order valence-corrected chi connectivity index (χ0v) is 9.36. The van der Waals surface area contributed by atoms with Crippen LogP contribution in [0.25, 0.3) is 0 Å². The second-order valence-corrected chi connectivity index (χ2v) is 3.91. The maximum Gasteiger partial charge on any atom is -0.0353 e. The first-order chi connectivity index (χ1) is 6.41. The number of hydrogen-bond donors (Lipinski definition) is 0. The van der Waals surface area contributed by atoms with Crippen LogP contribution in [0.1, 0.15) is 71.1 Å². The van der Waals surface area contributed by atoms with Gasteiger partial charge >= 0.3 is 0 Å². The van der Waals surface area contributed by atoms with Crippen molar-refractivity contribution in [2.75, 3.05) is 0 Å². The summed E-state index contributed by atoms with van der Waals surface area (Å²) >= 11 is 0. The van der Waals surface area contributed by atoms with Gasteiger partial charge in [-0.05, 0) is 12.8 Å². The molecule has 0 aromatic heterocycles. The summed E-state index contributed by atoms with van der Waals surface area (Å²) in [7, 11) is 0. The minimum atomic E-state index is 1.19. The molecular formula is C13H26. The van der Waals surface area contributed by atoms with Crippen LogP contribution in [-0.4, -0.2) is 0 Å². The van der Waals surface area contributed by atoms with E-state index in [0.717, 1.165) is 0 Å². The quantitative estimate of drug-likeness (QED) is 0.419. The number of hydrogen-bond acceptors (Lipinski definition) is 0. The van der Waals surface area contributed by atoms with Crippen molar-refractivity contribution in [2.24, 2.45) is 0 Å². The van der Waals surface area contributed by atoms with Crippen molar-refractivity contribution in [3.63, 3.8) is 0 Å². The molecule has 0 amide bonds. The van der Waals surface area contributed by atoms with Crippen LogP contribution in [0.4, 0.5) is 0 Å². The maximum absolute atomic E-state index is 3.63. The maximum atomic E-state index is 3.63. The molecule has 0 aromatic rings. The highest BCUT2D eigenvalue weighted by atomic mass is 14.0. The molecule has 1 aliphatic rings. The molecule has 0 atom stereocenters. The van der Waals surface area contributed by atoms with Gasteiger partial charge < -0.3 is 0 Å². The summed E-state index contributed by atoms with van der Waals surface area (Å²) in [4.78, 5) is 0. The first-order valence-electron chi connectivity index (χ1n) is 6.02. The van der Waals surface area contributed by atoms with Gasteiger partial charge in [0.25, 0.3) is 0 Å². The lowest BCUT2D eigenvalue weighted by Gasteiger charge is -2.05. The van der Waals surface area contributed by atoms with Crippen molar-refractivity contribution in [3.8, 4) is 0 Å². The lowest BCUT2D eigenvalue weighted by Crippen LogP contribution is -1.85. The normalized spacial score (nSPS) is 15.8. The van der Waals surface area contributed by atoms with Gasteiger partial charge in [-0.1, -0.05) is 64.4 Å². The predicted octanol–water partition coefficient (Wildman–Crippen LogP) is 5.09. The van der Waals surface area contributed by atoms with Crippen LogP contribution in [0.2, 0.25) is 0 Å². The van der Waals surface area contributed by atoms with Gasteiger partial charge in [-0.15, -0.1) is 6.58 Å². The van der Waals surface area contributed by atoms with Gasteiger partial charge in [-0.2, -0.15) is 0 Å². The third-order valence-corrected chi connectivity index (χ3v) is 2.51. The monoisotopic (exact) mass is 182 g/mol. The van der Waals surface area contributed by atoms with E-state index in [-0.39, 0.29) is 0 Å². The SMILES string of the molecule is C1CCCCC1.C=CCCCCC. The number of allylic oxidation sites excluding steroid dienone is 1. The van der Waals surface area contributed by atoms with E-state index in [1.165, 1.54) is 64.2 Å². The molecule has 1 saturated carbocycles. The third kappa shape index (κ3) is 11.7. The highest BCUT2D eigenvalue weighted by Gasteiger charge is 1.95. The van der Waals surface area contributed by atoms with Gasteiger partial charge in [0.15, 0.2) is 0 Å². The van der Waals surface area contributed by atoms with Gasteiger partial charge in [0.1, 0.15) is 0 Å². The van der Waals surface area contributed by atoms with E-state index in [0.29, 0.717) is 0 Å². The van der Waals surface area contributed by atoms with Gasteiger partial charge in [-0.25, -0.2) is 0 Å². The van der Waals surface area contributed by atoms with E-state index in [1.54, 1.807) is 0 Å². The molecule has 0 aliphatic heterocycles. The average Bonchev–Trinajstić information content (AvgIpc) is 2.22. The Bertz CT molecular complexity index is 78.7. The molecule has 1 aliphatic carbocycles. The highest BCUT2D eigenvalue weighted by Crippen LogP contribution is 2.15. The van der Waals surface area contributed by atoms with E-state index in [4.69, 9.17) is 0 Å². The van der Waals surface area contributed by atoms with Gasteiger partial charge in [0.05, 0.1) is 0 Å². The van der Waals surface area contributed by atoms with E-state index in [2.05, 4.69) is 13.5 Å². The zero-order chi connectivity index (χ0) is 9.78. The minimum Gasteiger partial charge on any atom is -0.103 e. The van der Waals surface area contributed by atoms with Gasteiger partial charge in [-0.3, -0.25) is 0 Å². The molecule has 78 valence electrons. The molecule has 0 spiro atoms. The Morgan fingerprint density at radius 3 is 1.69 bits per heavy atom. The molecule has 0 nitrogen and oxygen atoms in total. The average molecular weight is 182 g/mol. The van der Waals surface area contributed by atoms with Crippen LogP contribution < -0.4 is 0 Å². The standard InChI is InChI=1S/C7H14.C6H12/c1-3-5-7-6-4-2;1-2-4-6-5-3-1/h3H,1,4-7H2,2H3;1-6H2. The molecular weight excluding hydrogens is 156 g/mol. The summed E-state index contributed by atoms with van der Waals surface area (Å²) in [5.74, 6) is 0. The van der Waals surface area contributed by atoms with Crippen molar-refractivity contribution in [3.05, 3.63) is 12.7 Å². The Balaban J connectivity index is 0.000000223. The Morgan fingerprint density at radius 1 is 0.923 bits per heavy atom. The van der Waals surface area contributed by atoms with Crippen LogP contribution >= 0.6 is 0 Å². The molecule has 0 aromatic carbocycles. The second-order valence-electron chi connectivity index (χ2n) is 3.91. The summed E-state index contributed by atoms with van der Waals surface area (Å²) < 4.78 is 0. The second kappa shape index (κ2) is 11.7. The van der Waals surface area contributed by atoms with E-state index < -0.39 is 0 Å².